The van der Waals surface area contributed by atoms with Crippen molar-refractivity contribution in [2.24, 2.45) is 0 Å². The van der Waals surface area contributed by atoms with Crippen LogP contribution in [0, 0.1) is 0 Å². The maximum absolute atomic E-state index is 3.83. The largest absolute Gasteiger partial charge is 0.0973 e. The van der Waals surface area contributed by atoms with Crippen LogP contribution in [0.5, 0.6) is 0 Å². The van der Waals surface area contributed by atoms with Gasteiger partial charge in [0.2, 0.25) is 0 Å². The van der Waals surface area contributed by atoms with Crippen molar-refractivity contribution in [3.8, 4) is 0 Å². The molecule has 0 fully saturated rings. The minimum atomic E-state index is 0. The molecule has 0 spiro atoms. The van der Waals surface area contributed by atoms with Crippen LogP contribution in [0.3, 0.4) is 0 Å². The van der Waals surface area contributed by atoms with Gasteiger partial charge in [0.15, 0.2) is 0 Å². The van der Waals surface area contributed by atoms with E-state index in [0.29, 0.717) is 0 Å². The molecule has 0 bridgehead atoms. The summed E-state index contributed by atoms with van der Waals surface area (Å²) in [5.41, 5.74) is 0. The summed E-state index contributed by atoms with van der Waals surface area (Å²) >= 11 is 3.83. The molecule has 198 valence electrons. The van der Waals surface area contributed by atoms with E-state index in [1.165, 1.54) is 0 Å². The predicted molar refractivity (Wildman–Crippen MR) is 172 cm³/mol. The second kappa shape index (κ2) is 1590000. The molecule has 1 heteroatoms. The fraction of sp³-hybridized carbons (Fsp3) is 0.958. The van der Waals surface area contributed by atoms with Crippen LogP contribution >= 0.6 is 12.2 Å². The third-order valence-electron chi connectivity index (χ3n) is 0. The Kier molecular flexibility index (Phi) is 777000000. The summed E-state index contributed by atoms with van der Waals surface area (Å²) in [4.78, 5) is 0. The zero-order chi connectivity index (χ0) is 2.00. The fourth-order valence-corrected chi connectivity index (χ4v) is 0. The van der Waals surface area contributed by atoms with Crippen molar-refractivity contribution in [3.63, 3.8) is 0 Å². The van der Waals surface area contributed by atoms with Gasteiger partial charge in [0, 0.05) is 1.43 Å². The summed E-state index contributed by atoms with van der Waals surface area (Å²) in [6, 6.07) is 0. The van der Waals surface area contributed by atoms with Gasteiger partial charge in [-0.3, -0.25) is 0 Å². The lowest BCUT2D eigenvalue weighted by atomic mass is 12.0. The van der Waals surface area contributed by atoms with Crippen LogP contribution in [-0.4, -0.2) is 5.87 Å². The Labute approximate surface area is 190 Å². The second-order valence-corrected chi connectivity index (χ2v) is 0. The minimum absolute atomic E-state index is 0. The first kappa shape index (κ1) is 12300. The van der Waals surface area contributed by atoms with Crippen molar-refractivity contribution < 1.29 is 1.43 Å². The van der Waals surface area contributed by atoms with Crippen molar-refractivity contribution in [1.29, 1.82) is 0 Å². The van der Waals surface area contributed by atoms with E-state index >= 15 is 0 Å². The molecule has 0 aromatic carbocycles. The van der Waals surface area contributed by atoms with E-state index in [2.05, 4.69) is 18.1 Å². The van der Waals surface area contributed by atoms with Gasteiger partial charge in [0.1, 0.15) is 0 Å². The van der Waals surface area contributed by atoms with Gasteiger partial charge in [-0.25, -0.2) is 0 Å². The molecule has 25 heavy (non-hydrogen) atoms. The predicted octanol–water partition coefficient (Wildman–Crippen LogP) is 15.5. The standard InChI is InChI=1S/CH2S.23CH4.H2/c1-2;;;;;;;;;;;;;;;;;;;;;;;;/h1H2;23*1H4;1H/i;;;;;;;;;;;;;;;;;;;;;;;;1+2. The topological polar surface area (TPSA) is 0 Å². The Balaban J connectivity index is -0.0000000000181. The maximum Gasteiger partial charge on any atom is 0 e. The summed E-state index contributed by atoms with van der Waals surface area (Å²) in [7, 11) is 0. The van der Waals surface area contributed by atoms with E-state index in [-0.39, 0.29) is 172 Å². The van der Waals surface area contributed by atoms with E-state index in [4.69, 9.17) is 0 Å². The van der Waals surface area contributed by atoms with E-state index in [0.717, 1.165) is 0 Å². The van der Waals surface area contributed by atoms with E-state index in [1.54, 1.807) is 0 Å². The van der Waals surface area contributed by atoms with Crippen LogP contribution in [0.1, 0.15) is 172 Å². The molecule has 0 radical (unpaired) electrons. The van der Waals surface area contributed by atoms with E-state index < -0.39 is 0 Å². The highest BCUT2D eigenvalue weighted by atomic mass is 32.1. The van der Waals surface area contributed by atoms with Gasteiger partial charge in [-0.1, -0.05) is 183 Å². The fourth-order valence-electron chi connectivity index (χ4n) is 0. The lowest BCUT2D eigenvalue weighted by Gasteiger charge is -0.774. The van der Waals surface area contributed by atoms with Gasteiger partial charge in [0.05, 0.1) is 0 Å². The smallest absolute Gasteiger partial charge is 0 e. The molecule has 0 aromatic heterocycles. The maximum atomic E-state index is 3.83. The molecule has 0 aromatic rings. The summed E-state index contributed by atoms with van der Waals surface area (Å²) in [5.74, 6) is 2.83. The van der Waals surface area contributed by atoms with Crippen LogP contribution < -0.4 is 0 Å². The van der Waals surface area contributed by atoms with E-state index in [9.17, 15) is 0 Å². The highest BCUT2D eigenvalue weighted by Gasteiger charge is 0.642. The number of rotatable bonds is 0. The summed E-state index contributed by atoms with van der Waals surface area (Å²) < 4.78 is 0. The van der Waals surface area contributed by atoms with Gasteiger partial charge in [-0.2, -0.15) is 0 Å². The minimum Gasteiger partial charge on any atom is -0.0973 e. The van der Waals surface area contributed by atoms with Crippen LogP contribution in [0.25, 0.3) is 0 Å². The molecule has 0 aliphatic rings. The average molecular weight is 419 g/mol. The van der Waals surface area contributed by atoms with Gasteiger partial charge < -0.3 is 0 Å². The molecule has 0 N–H and O–H groups in total. The monoisotopic (exact) mass is 419 g/mol. The first-order valence-electron chi connectivity index (χ1n) is 0.289. The molecule has 0 saturated carbocycles. The van der Waals surface area contributed by atoms with Crippen LogP contribution in [-0.2, 0) is 0 Å². The third-order valence-corrected chi connectivity index (χ3v) is 0. The Morgan fingerprint density at radius 2 is 0.200 bits per heavy atom. The molecule has 0 heterocycles. The summed E-state index contributed by atoms with van der Waals surface area (Å²) in [5, 5.41) is 0. The molecule has 0 nitrogen and oxygen atoms in total. The molecular formula is C24H96S. The van der Waals surface area contributed by atoms with Gasteiger partial charge in [-0.05, 0) is 5.87 Å². The molecule has 0 aliphatic heterocycles. The van der Waals surface area contributed by atoms with Crippen LogP contribution in [0.15, 0.2) is 0 Å². The summed E-state index contributed by atoms with van der Waals surface area (Å²) in [6.07, 6.45) is 0. The van der Waals surface area contributed by atoms with Gasteiger partial charge >= 0.3 is 0 Å². The molecular weight excluding hydrogens is 320 g/mol. The van der Waals surface area contributed by atoms with Crippen molar-refractivity contribution >= 4 is 18.1 Å². The molecule has 0 amide bonds. The lowest BCUT2D eigenvalue weighted by molar-refractivity contribution is 2.50. The zero-order valence-electron chi connectivity index (χ0n) is 1.12. The number of thiocarbonyl (C=S) groups is 1. The van der Waals surface area contributed by atoms with Crippen molar-refractivity contribution in [3.05, 3.63) is 0 Å². The molecule has 0 saturated heterocycles. The van der Waals surface area contributed by atoms with Gasteiger partial charge in [-0.15, -0.1) is 0 Å². The second-order valence-electron chi connectivity index (χ2n) is 0. The highest BCUT2D eigenvalue weighted by molar-refractivity contribution is 7.77. The highest BCUT2D eigenvalue weighted by Crippen LogP contribution is 1.03. The molecule has 0 aliphatic carbocycles. The Hall–Kier alpha value is 0.0900. The molecule has 0 unspecified atom stereocenters. The van der Waals surface area contributed by atoms with Gasteiger partial charge in [0.25, 0.3) is 0 Å². The Morgan fingerprint density at radius 3 is 0.200 bits per heavy atom. The summed E-state index contributed by atoms with van der Waals surface area (Å²) in [6.45, 7) is 0. The van der Waals surface area contributed by atoms with Crippen molar-refractivity contribution in [1.82, 2.24) is 0 Å². The Morgan fingerprint density at radius 1 is 0.200 bits per heavy atom. The van der Waals surface area contributed by atoms with Crippen molar-refractivity contribution in [2.75, 3.05) is 0 Å². The average Bonchev–Trinajstić information content (AvgIpc) is 1.00. The normalized spacial score (nSPS) is 0.160. The van der Waals surface area contributed by atoms with Crippen LogP contribution in [0.4, 0.5) is 0 Å². The lowest BCUT2D eigenvalue weighted by Crippen LogP contribution is -0.660. The molecule has 0 rings (SSSR count). The zero-order valence-corrected chi connectivity index (χ0v) is 1.93. The quantitative estimate of drug-likeness (QED) is 0.352. The SMILES string of the molecule is C.C.C.C.C.C.C.C.C.C.C.C.C.C.C.C.C.C.C.C.C.C.C.C=S.[3HH]. The molecule has 0 atom stereocenters. The Bertz CT molecular complexity index is 12.2. The first-order valence-corrected chi connectivity index (χ1v) is 0.866. The van der Waals surface area contributed by atoms with Crippen LogP contribution in [0.2, 0.25) is 0 Å². The number of hydrogen-bond acceptors (Lipinski definition) is 1. The third kappa shape index (κ3) is 1450000. The number of hydrogen-bond donors (Lipinski definition) is 0. The van der Waals surface area contributed by atoms with E-state index in [1.807, 2.05) is 0 Å². The van der Waals surface area contributed by atoms with Crippen molar-refractivity contribution in [2.45, 2.75) is 171 Å². The first-order chi connectivity index (χ1) is 1.00.